The minimum absolute atomic E-state index is 0.0514. The summed E-state index contributed by atoms with van der Waals surface area (Å²) >= 11 is 0. The smallest absolute Gasteiger partial charge is 0.407 e. The second-order valence-electron chi connectivity index (χ2n) is 7.49. The van der Waals surface area contributed by atoms with Gasteiger partial charge in [-0.2, -0.15) is 13.2 Å². The fourth-order valence-electron chi connectivity index (χ4n) is 3.22. The second kappa shape index (κ2) is 7.09. The summed E-state index contributed by atoms with van der Waals surface area (Å²) in [6.45, 7) is 5.10. The van der Waals surface area contributed by atoms with Crippen molar-refractivity contribution in [3.63, 3.8) is 0 Å². The third-order valence-corrected chi connectivity index (χ3v) is 4.22. The zero-order valence-corrected chi connectivity index (χ0v) is 14.6. The number of hydrogen-bond acceptors (Lipinski definition) is 4. The van der Waals surface area contributed by atoms with Gasteiger partial charge in [0.05, 0.1) is 17.8 Å². The van der Waals surface area contributed by atoms with Crippen LogP contribution in [0, 0.1) is 5.92 Å². The molecule has 1 aromatic rings. The van der Waals surface area contributed by atoms with Gasteiger partial charge in [0.1, 0.15) is 5.60 Å². The van der Waals surface area contributed by atoms with E-state index in [-0.39, 0.29) is 12.8 Å². The lowest BCUT2D eigenvalue weighted by Gasteiger charge is -2.37. The van der Waals surface area contributed by atoms with E-state index in [1.807, 2.05) is 0 Å². The summed E-state index contributed by atoms with van der Waals surface area (Å²) in [4.78, 5) is 15.8. The summed E-state index contributed by atoms with van der Waals surface area (Å²) in [5, 5.41) is 2.58. The molecule has 0 bridgehead atoms. The molecule has 1 aliphatic carbocycles. The van der Waals surface area contributed by atoms with Gasteiger partial charge in [-0.05, 0) is 57.6 Å². The SMILES string of the molecule is CC(C)(C)OC(=O)N[C@H]1C[C@H](c2ccncc2N)C[C@@H](C(F)(F)F)C1. The second-order valence-corrected chi connectivity index (χ2v) is 7.49. The van der Waals surface area contributed by atoms with Crippen LogP contribution >= 0.6 is 0 Å². The summed E-state index contributed by atoms with van der Waals surface area (Å²) < 4.78 is 45.1. The number of nitrogens with two attached hydrogens (primary N) is 1. The van der Waals surface area contributed by atoms with Crippen LogP contribution in [0.4, 0.5) is 23.7 Å². The average molecular weight is 359 g/mol. The van der Waals surface area contributed by atoms with Crippen molar-refractivity contribution < 1.29 is 22.7 Å². The van der Waals surface area contributed by atoms with Gasteiger partial charge < -0.3 is 15.8 Å². The Labute approximate surface area is 145 Å². The minimum Gasteiger partial charge on any atom is -0.444 e. The Morgan fingerprint density at radius 3 is 2.52 bits per heavy atom. The Balaban J connectivity index is 2.17. The molecule has 0 saturated heterocycles. The first-order valence-electron chi connectivity index (χ1n) is 8.21. The first-order valence-corrected chi connectivity index (χ1v) is 8.21. The van der Waals surface area contributed by atoms with Gasteiger partial charge in [0, 0.05) is 12.2 Å². The van der Waals surface area contributed by atoms with Gasteiger partial charge in [0.2, 0.25) is 0 Å². The standard InChI is InChI=1S/C17H24F3N3O2/c1-16(2,3)25-15(24)23-12-7-10(6-11(8-12)17(18,19)20)13-4-5-22-9-14(13)21/h4-5,9-12H,6-8,21H2,1-3H3,(H,23,24)/t10-,11-,12+/m1/s1. The molecule has 140 valence electrons. The number of alkyl carbamates (subject to hydrolysis) is 1. The molecule has 0 spiro atoms. The van der Waals surface area contributed by atoms with E-state index in [4.69, 9.17) is 10.5 Å². The van der Waals surface area contributed by atoms with Gasteiger partial charge in [-0.1, -0.05) is 0 Å². The molecule has 25 heavy (non-hydrogen) atoms. The summed E-state index contributed by atoms with van der Waals surface area (Å²) in [5.74, 6) is -1.90. The number of ether oxygens (including phenoxy) is 1. The zero-order chi connectivity index (χ0) is 18.8. The van der Waals surface area contributed by atoms with E-state index in [1.165, 1.54) is 12.4 Å². The predicted octanol–water partition coefficient (Wildman–Crippen LogP) is 4.00. The van der Waals surface area contributed by atoms with Crippen molar-refractivity contribution in [2.45, 2.75) is 63.8 Å². The Hall–Kier alpha value is -1.99. The molecule has 0 aromatic carbocycles. The zero-order valence-electron chi connectivity index (χ0n) is 14.6. The van der Waals surface area contributed by atoms with Crippen molar-refractivity contribution in [1.82, 2.24) is 10.3 Å². The Morgan fingerprint density at radius 1 is 1.28 bits per heavy atom. The molecule has 2 rings (SSSR count). The number of alkyl halides is 3. The van der Waals surface area contributed by atoms with Gasteiger partial charge in [0.15, 0.2) is 0 Å². The van der Waals surface area contributed by atoms with Crippen molar-refractivity contribution in [3.05, 3.63) is 24.0 Å². The number of nitrogen functional groups attached to an aromatic ring is 1. The predicted molar refractivity (Wildman–Crippen MR) is 87.9 cm³/mol. The highest BCUT2D eigenvalue weighted by molar-refractivity contribution is 5.68. The van der Waals surface area contributed by atoms with Gasteiger partial charge >= 0.3 is 12.3 Å². The van der Waals surface area contributed by atoms with Crippen molar-refractivity contribution >= 4 is 11.8 Å². The monoisotopic (exact) mass is 359 g/mol. The summed E-state index contributed by atoms with van der Waals surface area (Å²) in [6, 6.07) is 1.01. The molecule has 5 nitrogen and oxygen atoms in total. The summed E-state index contributed by atoms with van der Waals surface area (Å²) in [6.07, 6.45) is -1.92. The molecule has 1 aliphatic rings. The highest BCUT2D eigenvalue weighted by Crippen LogP contribution is 2.44. The third-order valence-electron chi connectivity index (χ3n) is 4.22. The van der Waals surface area contributed by atoms with Gasteiger partial charge in [-0.3, -0.25) is 4.98 Å². The van der Waals surface area contributed by atoms with E-state index < -0.39 is 35.7 Å². The van der Waals surface area contributed by atoms with Crippen molar-refractivity contribution in [2.24, 2.45) is 5.92 Å². The Morgan fingerprint density at radius 2 is 1.96 bits per heavy atom. The molecule has 1 saturated carbocycles. The number of nitrogens with one attached hydrogen (secondary N) is 1. The van der Waals surface area contributed by atoms with Crippen molar-refractivity contribution in [3.8, 4) is 0 Å². The first kappa shape index (κ1) is 19.3. The number of rotatable bonds is 2. The van der Waals surface area contributed by atoms with Crippen LogP contribution in [0.25, 0.3) is 0 Å². The first-order chi connectivity index (χ1) is 11.5. The fraction of sp³-hybridized carbons (Fsp3) is 0.647. The number of halogens is 3. The normalized spacial score (nSPS) is 24.6. The molecule has 8 heteroatoms. The molecule has 1 aromatic heterocycles. The van der Waals surface area contributed by atoms with Gasteiger partial charge in [-0.25, -0.2) is 4.79 Å². The molecule has 1 heterocycles. The Bertz CT molecular complexity index is 614. The topological polar surface area (TPSA) is 77.2 Å². The van der Waals surface area contributed by atoms with Crippen molar-refractivity contribution in [1.29, 1.82) is 0 Å². The fourth-order valence-corrected chi connectivity index (χ4v) is 3.22. The maximum atomic E-state index is 13.3. The lowest BCUT2D eigenvalue weighted by molar-refractivity contribution is -0.185. The van der Waals surface area contributed by atoms with Crippen molar-refractivity contribution in [2.75, 3.05) is 5.73 Å². The number of anilines is 1. The summed E-state index contributed by atoms with van der Waals surface area (Å²) in [5.41, 5.74) is 6.17. The van der Waals surface area contributed by atoms with E-state index >= 15 is 0 Å². The molecular formula is C17H24F3N3O2. The van der Waals surface area contributed by atoms with Crippen LogP contribution in [0.2, 0.25) is 0 Å². The quantitative estimate of drug-likeness (QED) is 0.837. The largest absolute Gasteiger partial charge is 0.444 e. The number of aromatic nitrogens is 1. The minimum atomic E-state index is -4.33. The third kappa shape index (κ3) is 5.51. The Kier molecular flexibility index (Phi) is 5.49. The van der Waals surface area contributed by atoms with E-state index in [2.05, 4.69) is 10.3 Å². The lowest BCUT2D eigenvalue weighted by Crippen LogP contribution is -2.45. The van der Waals surface area contributed by atoms with Crippen LogP contribution in [-0.4, -0.2) is 28.9 Å². The molecule has 0 unspecified atom stereocenters. The van der Waals surface area contributed by atoms with E-state index in [0.717, 1.165) is 0 Å². The van der Waals surface area contributed by atoms with Crippen LogP contribution in [-0.2, 0) is 4.74 Å². The van der Waals surface area contributed by atoms with Crippen LogP contribution in [0.3, 0.4) is 0 Å². The summed E-state index contributed by atoms with van der Waals surface area (Å²) in [7, 11) is 0. The molecule has 3 N–H and O–H groups in total. The van der Waals surface area contributed by atoms with Crippen LogP contribution in [0.5, 0.6) is 0 Å². The molecule has 0 radical (unpaired) electrons. The number of nitrogens with zero attached hydrogens (tertiary/aromatic N) is 1. The lowest BCUT2D eigenvalue weighted by atomic mass is 9.75. The maximum Gasteiger partial charge on any atom is 0.407 e. The van der Waals surface area contributed by atoms with E-state index in [9.17, 15) is 18.0 Å². The van der Waals surface area contributed by atoms with Gasteiger partial charge in [-0.15, -0.1) is 0 Å². The average Bonchev–Trinajstić information content (AvgIpc) is 2.44. The number of amides is 1. The highest BCUT2D eigenvalue weighted by Gasteiger charge is 2.46. The van der Waals surface area contributed by atoms with E-state index in [0.29, 0.717) is 17.7 Å². The molecule has 1 amide bonds. The van der Waals surface area contributed by atoms with Gasteiger partial charge in [0.25, 0.3) is 0 Å². The van der Waals surface area contributed by atoms with Crippen LogP contribution in [0.1, 0.15) is 51.5 Å². The van der Waals surface area contributed by atoms with E-state index in [1.54, 1.807) is 26.8 Å². The molecule has 3 atom stereocenters. The number of carbonyl (C=O) groups excluding carboxylic acids is 1. The number of hydrogen-bond donors (Lipinski definition) is 2. The van der Waals surface area contributed by atoms with Crippen LogP contribution in [0.15, 0.2) is 18.5 Å². The number of pyridine rings is 1. The molecule has 0 aliphatic heterocycles. The molecular weight excluding hydrogens is 335 g/mol. The van der Waals surface area contributed by atoms with Crippen LogP contribution < -0.4 is 11.1 Å². The number of carbonyl (C=O) groups is 1. The maximum absolute atomic E-state index is 13.3. The highest BCUT2D eigenvalue weighted by atomic mass is 19.4. The molecule has 1 fully saturated rings.